The van der Waals surface area contributed by atoms with E-state index in [9.17, 15) is 0 Å². The molecule has 0 spiro atoms. The average molecular weight is 205 g/mol. The van der Waals surface area contributed by atoms with E-state index in [1.54, 1.807) is 0 Å². The molecule has 1 saturated heterocycles. The number of aromatic nitrogens is 2. The second-order valence-corrected chi connectivity index (χ2v) is 4.22. The van der Waals surface area contributed by atoms with E-state index in [1.165, 1.54) is 32.1 Å². The van der Waals surface area contributed by atoms with Crippen molar-refractivity contribution in [2.24, 2.45) is 0 Å². The van der Waals surface area contributed by atoms with Crippen LogP contribution in [0.3, 0.4) is 0 Å². The van der Waals surface area contributed by atoms with Crippen molar-refractivity contribution >= 4 is 5.82 Å². The Hall–Kier alpha value is -1.12. The molecule has 0 aromatic carbocycles. The van der Waals surface area contributed by atoms with E-state index in [1.807, 2.05) is 19.2 Å². The molecular weight excluding hydrogens is 186 g/mol. The lowest BCUT2D eigenvalue weighted by Gasteiger charge is -2.25. The summed E-state index contributed by atoms with van der Waals surface area (Å²) in [6.07, 6.45) is 8.57. The van der Waals surface area contributed by atoms with Crippen molar-refractivity contribution < 1.29 is 0 Å². The van der Waals surface area contributed by atoms with E-state index in [4.69, 9.17) is 0 Å². The largest absolute Gasteiger partial charge is 0.357 e. The number of hydrogen-bond acceptors (Lipinski definition) is 3. The maximum absolute atomic E-state index is 4.48. The van der Waals surface area contributed by atoms with Crippen molar-refractivity contribution in [2.75, 3.05) is 18.0 Å². The summed E-state index contributed by atoms with van der Waals surface area (Å²) in [5, 5.41) is 0. The van der Waals surface area contributed by atoms with E-state index >= 15 is 0 Å². The fourth-order valence-electron chi connectivity index (χ4n) is 2.10. The van der Waals surface area contributed by atoms with Gasteiger partial charge in [0.25, 0.3) is 0 Å². The van der Waals surface area contributed by atoms with E-state index in [0.717, 1.165) is 24.7 Å². The van der Waals surface area contributed by atoms with Crippen LogP contribution in [0.5, 0.6) is 0 Å². The van der Waals surface area contributed by atoms with Crippen LogP contribution < -0.4 is 4.90 Å². The van der Waals surface area contributed by atoms with Crippen LogP contribution in [0.25, 0.3) is 0 Å². The molecule has 2 rings (SSSR count). The van der Waals surface area contributed by atoms with Gasteiger partial charge in [-0.3, -0.25) is 0 Å². The topological polar surface area (TPSA) is 29.0 Å². The van der Waals surface area contributed by atoms with Crippen LogP contribution in [0.4, 0.5) is 5.82 Å². The third-order valence-corrected chi connectivity index (χ3v) is 2.94. The van der Waals surface area contributed by atoms with Crippen molar-refractivity contribution in [3.05, 3.63) is 18.1 Å². The van der Waals surface area contributed by atoms with Crippen LogP contribution in [0.1, 0.15) is 37.9 Å². The van der Waals surface area contributed by atoms with Gasteiger partial charge in [-0.15, -0.1) is 0 Å². The van der Waals surface area contributed by atoms with Crippen molar-refractivity contribution in [3.63, 3.8) is 0 Å². The summed E-state index contributed by atoms with van der Waals surface area (Å²) in [4.78, 5) is 11.0. The van der Waals surface area contributed by atoms with Gasteiger partial charge in [-0.2, -0.15) is 0 Å². The molecular formula is C12H19N3. The molecule has 0 unspecified atom stereocenters. The van der Waals surface area contributed by atoms with Crippen LogP contribution in [0.15, 0.2) is 12.3 Å². The van der Waals surface area contributed by atoms with Crippen LogP contribution in [0, 0.1) is 6.92 Å². The Morgan fingerprint density at radius 3 is 2.40 bits per heavy atom. The predicted molar refractivity (Wildman–Crippen MR) is 62.1 cm³/mol. The summed E-state index contributed by atoms with van der Waals surface area (Å²) in [5.74, 6) is 1.97. The zero-order chi connectivity index (χ0) is 10.5. The molecule has 1 aliphatic heterocycles. The summed E-state index contributed by atoms with van der Waals surface area (Å²) < 4.78 is 0. The number of nitrogens with zero attached hydrogens (tertiary/aromatic N) is 3. The Morgan fingerprint density at radius 2 is 1.73 bits per heavy atom. The van der Waals surface area contributed by atoms with Gasteiger partial charge < -0.3 is 4.90 Å². The zero-order valence-electron chi connectivity index (χ0n) is 9.45. The minimum atomic E-state index is 0.870. The van der Waals surface area contributed by atoms with Gasteiger partial charge in [0.05, 0.1) is 0 Å². The molecule has 0 amide bonds. The highest BCUT2D eigenvalue weighted by atomic mass is 15.2. The molecule has 3 nitrogen and oxygen atoms in total. The third-order valence-electron chi connectivity index (χ3n) is 2.94. The molecule has 3 heteroatoms. The normalized spacial score (nSPS) is 18.3. The summed E-state index contributed by atoms with van der Waals surface area (Å²) in [6.45, 7) is 4.25. The van der Waals surface area contributed by atoms with E-state index in [0.29, 0.717) is 0 Å². The minimum absolute atomic E-state index is 0.870. The molecule has 1 aliphatic rings. The fourth-order valence-corrected chi connectivity index (χ4v) is 2.10. The van der Waals surface area contributed by atoms with Crippen LogP contribution in [0.2, 0.25) is 0 Å². The van der Waals surface area contributed by atoms with Gasteiger partial charge in [-0.1, -0.05) is 19.3 Å². The Labute approximate surface area is 91.5 Å². The fraction of sp³-hybridized carbons (Fsp3) is 0.667. The summed E-state index contributed by atoms with van der Waals surface area (Å²) in [6, 6.07) is 2.02. The quantitative estimate of drug-likeness (QED) is 0.705. The number of rotatable bonds is 1. The van der Waals surface area contributed by atoms with Gasteiger partial charge in [-0.25, -0.2) is 9.97 Å². The zero-order valence-corrected chi connectivity index (χ0v) is 9.45. The standard InChI is InChI=1S/C12H19N3/c1-11-13-8-7-12(14-11)15-9-5-3-2-4-6-10-15/h7-8H,2-6,9-10H2,1H3. The molecule has 0 bridgehead atoms. The van der Waals surface area contributed by atoms with Crippen LogP contribution in [-0.4, -0.2) is 23.1 Å². The molecule has 0 aliphatic carbocycles. The monoisotopic (exact) mass is 205 g/mol. The SMILES string of the molecule is Cc1nccc(N2CCCCCCC2)n1. The summed E-state index contributed by atoms with van der Waals surface area (Å²) in [5.41, 5.74) is 0. The lowest BCUT2D eigenvalue weighted by Crippen LogP contribution is -2.28. The lowest BCUT2D eigenvalue weighted by atomic mass is 10.1. The van der Waals surface area contributed by atoms with Crippen molar-refractivity contribution in [1.29, 1.82) is 0 Å². The van der Waals surface area contributed by atoms with Gasteiger partial charge >= 0.3 is 0 Å². The molecule has 15 heavy (non-hydrogen) atoms. The molecule has 1 aromatic heterocycles. The molecule has 0 radical (unpaired) electrons. The Bertz CT molecular complexity index is 303. The van der Waals surface area contributed by atoms with Crippen LogP contribution in [-0.2, 0) is 0 Å². The first-order valence-electron chi connectivity index (χ1n) is 5.91. The van der Waals surface area contributed by atoms with Gasteiger partial charge in [-0.05, 0) is 25.8 Å². The molecule has 0 atom stereocenters. The third kappa shape index (κ3) is 2.91. The smallest absolute Gasteiger partial charge is 0.132 e. The Morgan fingerprint density at radius 1 is 1.07 bits per heavy atom. The molecule has 1 fully saturated rings. The van der Waals surface area contributed by atoms with Gasteiger partial charge in [0.15, 0.2) is 0 Å². The Kier molecular flexibility index (Phi) is 3.54. The van der Waals surface area contributed by atoms with Crippen molar-refractivity contribution in [1.82, 2.24) is 9.97 Å². The van der Waals surface area contributed by atoms with Gasteiger partial charge in [0.2, 0.25) is 0 Å². The highest BCUT2D eigenvalue weighted by Crippen LogP contribution is 2.16. The molecule has 82 valence electrons. The van der Waals surface area contributed by atoms with E-state index in [2.05, 4.69) is 14.9 Å². The number of hydrogen-bond donors (Lipinski definition) is 0. The lowest BCUT2D eigenvalue weighted by molar-refractivity contribution is 0.553. The average Bonchev–Trinajstić information content (AvgIpc) is 2.16. The number of anilines is 1. The summed E-state index contributed by atoms with van der Waals surface area (Å²) >= 11 is 0. The first-order chi connectivity index (χ1) is 7.36. The first-order valence-corrected chi connectivity index (χ1v) is 5.91. The maximum Gasteiger partial charge on any atom is 0.132 e. The molecule has 0 saturated carbocycles. The maximum atomic E-state index is 4.48. The minimum Gasteiger partial charge on any atom is -0.357 e. The highest BCUT2D eigenvalue weighted by Gasteiger charge is 2.09. The molecule has 1 aromatic rings. The first kappa shape index (κ1) is 10.4. The summed E-state index contributed by atoms with van der Waals surface area (Å²) in [7, 11) is 0. The van der Waals surface area contributed by atoms with Gasteiger partial charge in [0.1, 0.15) is 11.6 Å². The molecule has 2 heterocycles. The van der Waals surface area contributed by atoms with E-state index < -0.39 is 0 Å². The second kappa shape index (κ2) is 5.10. The van der Waals surface area contributed by atoms with Crippen molar-refractivity contribution in [2.45, 2.75) is 39.0 Å². The molecule has 0 N–H and O–H groups in total. The van der Waals surface area contributed by atoms with Gasteiger partial charge in [0, 0.05) is 19.3 Å². The van der Waals surface area contributed by atoms with Crippen LogP contribution >= 0.6 is 0 Å². The number of aryl methyl sites for hydroxylation is 1. The predicted octanol–water partition coefficient (Wildman–Crippen LogP) is 2.56. The van der Waals surface area contributed by atoms with E-state index in [-0.39, 0.29) is 0 Å². The highest BCUT2D eigenvalue weighted by molar-refractivity contribution is 5.37. The Balaban J connectivity index is 2.06. The van der Waals surface area contributed by atoms with Crippen molar-refractivity contribution in [3.8, 4) is 0 Å². The second-order valence-electron chi connectivity index (χ2n) is 4.22.